The first-order valence-electron chi connectivity index (χ1n) is 11.5. The second-order valence-electron chi connectivity index (χ2n) is 8.53. The van der Waals surface area contributed by atoms with Gasteiger partial charge in [-0.1, -0.05) is 0 Å². The number of methoxy groups -OCH3 is 1. The average molecular weight is 574 g/mol. The summed E-state index contributed by atoms with van der Waals surface area (Å²) in [4.78, 5) is 36.9. The number of alkyl halides is 2. The number of fused-ring (bicyclic) bond motifs is 1. The van der Waals surface area contributed by atoms with E-state index in [0.29, 0.717) is 58.9 Å². The van der Waals surface area contributed by atoms with E-state index in [1.54, 1.807) is 19.2 Å². The van der Waals surface area contributed by atoms with Gasteiger partial charge in [-0.3, -0.25) is 0 Å². The molecule has 1 aliphatic heterocycles. The summed E-state index contributed by atoms with van der Waals surface area (Å²) < 4.78 is 33.3. The molecule has 1 fully saturated rings. The molecule has 5 rings (SSSR count). The monoisotopic (exact) mass is 575 g/mol. The summed E-state index contributed by atoms with van der Waals surface area (Å²) in [5.41, 5.74) is 1.66. The summed E-state index contributed by atoms with van der Waals surface area (Å²) in [5.74, 6) is 0.360. The summed E-state index contributed by atoms with van der Waals surface area (Å²) >= 11 is -0.368. The molecule has 0 spiro atoms. The average Bonchev–Trinajstić information content (AvgIpc) is 3.30. The van der Waals surface area contributed by atoms with Gasteiger partial charge in [0.15, 0.2) is 0 Å². The third-order valence-corrected chi connectivity index (χ3v) is 7.86. The number of rotatable bonds is 6. The zero-order valence-electron chi connectivity index (χ0n) is 20.0. The zero-order valence-corrected chi connectivity index (χ0v) is 21.7. The van der Waals surface area contributed by atoms with Crippen molar-refractivity contribution < 1.29 is 23.4 Å². The van der Waals surface area contributed by atoms with Crippen molar-refractivity contribution in [1.82, 2.24) is 24.9 Å². The summed E-state index contributed by atoms with van der Waals surface area (Å²) in [6, 6.07) is 2.87. The number of halogens is 2. The molecule has 10 nitrogen and oxygen atoms in total. The second-order valence-corrected chi connectivity index (χ2v) is 10.6. The van der Waals surface area contributed by atoms with E-state index >= 15 is 0 Å². The van der Waals surface area contributed by atoms with Crippen molar-refractivity contribution in [2.75, 3.05) is 30.4 Å². The molecule has 1 amide bonds. The fourth-order valence-electron chi connectivity index (χ4n) is 4.08. The Morgan fingerprint density at radius 2 is 1.92 bits per heavy atom. The molecule has 5 heterocycles. The molecule has 192 valence electrons. The van der Waals surface area contributed by atoms with Gasteiger partial charge >= 0.3 is 217 Å². The van der Waals surface area contributed by atoms with Crippen LogP contribution in [0.5, 0.6) is 5.75 Å². The number of aliphatic hydroxyl groups is 1. The van der Waals surface area contributed by atoms with E-state index in [4.69, 9.17) is 4.74 Å². The molecule has 4 aromatic rings. The van der Waals surface area contributed by atoms with Gasteiger partial charge < -0.3 is 0 Å². The molecule has 0 aromatic carbocycles. The minimum atomic E-state index is -2.78. The van der Waals surface area contributed by atoms with E-state index in [-0.39, 0.29) is 31.9 Å². The van der Waals surface area contributed by atoms with Crippen LogP contribution < -0.4 is 15.0 Å². The standard InChI is InChI=1S/C24H23F2N7O3Se/c1-12-7-14(15-8-17(20(25)26)28-11-19(15)36-2)16(9-27-12)21(35)31-24-30-18-10-29-23(32-22(18)37-24)33-5-3-13(34)4-6-33/h7-11,13,20,34H,3-6H2,1-2H3,(H,30,31,35). The van der Waals surface area contributed by atoms with Crippen LogP contribution in [0.25, 0.3) is 21.0 Å². The normalized spacial score (nSPS) is 14.4. The van der Waals surface area contributed by atoms with Gasteiger partial charge in [-0.2, -0.15) is 0 Å². The molecule has 0 bridgehead atoms. The number of hydrogen-bond donors (Lipinski definition) is 2. The number of anilines is 2. The summed E-state index contributed by atoms with van der Waals surface area (Å²) in [6.07, 6.45) is 2.51. The van der Waals surface area contributed by atoms with E-state index in [0.717, 1.165) is 4.39 Å². The van der Waals surface area contributed by atoms with Crippen LogP contribution in [-0.4, -0.2) is 76.7 Å². The zero-order chi connectivity index (χ0) is 26.1. The maximum absolute atomic E-state index is 13.4. The molecule has 0 aliphatic carbocycles. The fraction of sp³-hybridized carbons (Fsp3) is 0.333. The van der Waals surface area contributed by atoms with Crippen LogP contribution in [0.4, 0.5) is 19.4 Å². The molecule has 0 saturated carbocycles. The number of aliphatic hydroxyl groups excluding tert-OH is 1. The van der Waals surface area contributed by atoms with Gasteiger partial charge in [0.05, 0.1) is 0 Å². The number of pyridine rings is 2. The van der Waals surface area contributed by atoms with Crippen molar-refractivity contribution in [3.8, 4) is 16.9 Å². The van der Waals surface area contributed by atoms with Gasteiger partial charge in [0, 0.05) is 0 Å². The predicted molar refractivity (Wildman–Crippen MR) is 133 cm³/mol. The fourth-order valence-corrected chi connectivity index (χ4v) is 5.76. The number of carbonyl (C=O) groups is 1. The van der Waals surface area contributed by atoms with E-state index in [1.165, 1.54) is 25.6 Å². The van der Waals surface area contributed by atoms with Crippen molar-refractivity contribution in [2.24, 2.45) is 0 Å². The van der Waals surface area contributed by atoms with E-state index < -0.39 is 18.0 Å². The number of nitrogens with zero attached hydrogens (tertiary/aromatic N) is 6. The topological polar surface area (TPSA) is 126 Å². The molecule has 2 N–H and O–H groups in total. The van der Waals surface area contributed by atoms with Crippen LogP contribution in [0.1, 0.15) is 41.0 Å². The Labute approximate surface area is 216 Å². The van der Waals surface area contributed by atoms with Crippen molar-refractivity contribution in [3.05, 3.63) is 47.7 Å². The first-order valence-corrected chi connectivity index (χ1v) is 13.2. The summed E-state index contributed by atoms with van der Waals surface area (Å²) in [6.45, 7) is 3.09. The van der Waals surface area contributed by atoms with Crippen LogP contribution in [-0.2, 0) is 0 Å². The number of carbonyl (C=O) groups excluding carboxylic acids is 1. The van der Waals surface area contributed by atoms with Gasteiger partial charge in [-0.15, -0.1) is 0 Å². The molecular weight excluding hydrogens is 551 g/mol. The quantitative estimate of drug-likeness (QED) is 0.334. The number of hydrogen-bond acceptors (Lipinski definition) is 9. The van der Waals surface area contributed by atoms with Crippen LogP contribution in [0, 0.1) is 6.92 Å². The van der Waals surface area contributed by atoms with Crippen LogP contribution in [0.3, 0.4) is 0 Å². The molecule has 37 heavy (non-hydrogen) atoms. The molecular formula is C24H23F2N7O3Se. The number of amides is 1. The molecule has 13 heteroatoms. The van der Waals surface area contributed by atoms with Gasteiger partial charge in [0.1, 0.15) is 0 Å². The summed E-state index contributed by atoms with van der Waals surface area (Å²) in [7, 11) is 1.41. The minimum absolute atomic E-state index is 0.184. The predicted octanol–water partition coefficient (Wildman–Crippen LogP) is 3.01. The number of piperidine rings is 1. The number of nitrogens with one attached hydrogen (secondary N) is 1. The Hall–Kier alpha value is -3.54. The van der Waals surface area contributed by atoms with Gasteiger partial charge in [0.2, 0.25) is 0 Å². The molecule has 1 saturated heterocycles. The molecule has 1 aliphatic rings. The van der Waals surface area contributed by atoms with Gasteiger partial charge in [-0.25, -0.2) is 0 Å². The second kappa shape index (κ2) is 10.4. The number of aryl methyl sites for hydroxylation is 1. The molecule has 0 atom stereocenters. The van der Waals surface area contributed by atoms with Crippen molar-refractivity contribution >= 4 is 41.0 Å². The van der Waals surface area contributed by atoms with E-state index in [1.807, 2.05) is 4.90 Å². The van der Waals surface area contributed by atoms with Crippen LogP contribution in [0.2, 0.25) is 0 Å². The van der Waals surface area contributed by atoms with Gasteiger partial charge in [0.25, 0.3) is 0 Å². The van der Waals surface area contributed by atoms with Crippen molar-refractivity contribution in [1.29, 1.82) is 0 Å². The van der Waals surface area contributed by atoms with Crippen LogP contribution >= 0.6 is 0 Å². The molecule has 4 aromatic heterocycles. The Morgan fingerprint density at radius 1 is 1.14 bits per heavy atom. The first kappa shape index (κ1) is 25.1. The van der Waals surface area contributed by atoms with E-state index in [9.17, 15) is 18.7 Å². The van der Waals surface area contributed by atoms with Gasteiger partial charge in [-0.05, 0) is 0 Å². The Bertz CT molecular complexity index is 1460. The third kappa shape index (κ3) is 5.29. The number of ether oxygens (including phenoxy) is 1. The summed E-state index contributed by atoms with van der Waals surface area (Å²) in [5, 5.41) is 12.6. The Balaban J connectivity index is 1.44. The van der Waals surface area contributed by atoms with Crippen molar-refractivity contribution in [3.63, 3.8) is 0 Å². The SMILES string of the molecule is COc1cnc(C(F)F)cc1-c1cc(C)ncc1C(=O)Nc1nc2cnc(N3CCC(O)CC3)nc2[se]1. The van der Waals surface area contributed by atoms with Crippen molar-refractivity contribution in [2.45, 2.75) is 32.3 Å². The Morgan fingerprint density at radius 3 is 2.65 bits per heavy atom. The third-order valence-electron chi connectivity index (χ3n) is 6.01. The molecule has 0 unspecified atom stereocenters. The van der Waals surface area contributed by atoms with E-state index in [2.05, 4.69) is 30.2 Å². The first-order chi connectivity index (χ1) is 17.8. The maximum atomic E-state index is 13.4. The molecule has 0 radical (unpaired) electrons. The number of aromatic nitrogens is 5. The Kier molecular flexibility index (Phi) is 7.09. The van der Waals surface area contributed by atoms with Crippen LogP contribution in [0.15, 0.2) is 30.7 Å².